The number of piperidine rings is 1. The lowest BCUT2D eigenvalue weighted by Crippen LogP contribution is -2.54. The quantitative estimate of drug-likeness (QED) is 0.882. The fourth-order valence-electron chi connectivity index (χ4n) is 3.77. The Kier molecular flexibility index (Phi) is 4.92. The summed E-state index contributed by atoms with van der Waals surface area (Å²) in [5.41, 5.74) is 0.374. The highest BCUT2D eigenvalue weighted by atomic mass is 16.5. The lowest BCUT2D eigenvalue weighted by molar-refractivity contribution is -0.0353. The molecule has 1 fully saturated rings. The summed E-state index contributed by atoms with van der Waals surface area (Å²) in [5, 5.41) is 21.4. The molecular formula is C19H26N2O3. The molecular weight excluding hydrogens is 304 g/mol. The molecule has 0 aliphatic carbocycles. The Hall–Kier alpha value is -1.85. The molecule has 2 aromatic rings. The molecule has 1 aliphatic heterocycles. The molecule has 0 unspecified atom stereocenters. The van der Waals surface area contributed by atoms with E-state index in [2.05, 4.69) is 11.8 Å². The summed E-state index contributed by atoms with van der Waals surface area (Å²) in [5.74, 6) is 1.63. The van der Waals surface area contributed by atoms with Crippen LogP contribution >= 0.6 is 0 Å². The standard InChI is InChI=1S/C19H26N2O3/c1-3-10-19(13-22)12-21(11-9-16(19)23)17-8-7-14-5-4-6-15(24-2)18(14)20-17/h4-8,16,22-23H,3,9-13H2,1-2H3/t16-,19+/m1/s1. The van der Waals surface area contributed by atoms with Gasteiger partial charge in [-0.05, 0) is 31.0 Å². The highest BCUT2D eigenvalue weighted by Crippen LogP contribution is 2.37. The van der Waals surface area contributed by atoms with E-state index in [-0.39, 0.29) is 6.61 Å². The number of pyridine rings is 1. The van der Waals surface area contributed by atoms with Crippen molar-refractivity contribution >= 4 is 16.7 Å². The van der Waals surface area contributed by atoms with Crippen LogP contribution in [0.25, 0.3) is 10.9 Å². The fourth-order valence-corrected chi connectivity index (χ4v) is 3.77. The van der Waals surface area contributed by atoms with Crippen LogP contribution in [-0.4, -0.2) is 48.1 Å². The van der Waals surface area contributed by atoms with E-state index in [0.29, 0.717) is 13.0 Å². The first-order chi connectivity index (χ1) is 11.6. The summed E-state index contributed by atoms with van der Waals surface area (Å²) in [6, 6.07) is 9.94. The van der Waals surface area contributed by atoms with E-state index in [9.17, 15) is 10.2 Å². The first kappa shape index (κ1) is 17.0. The molecule has 0 amide bonds. The lowest BCUT2D eigenvalue weighted by Gasteiger charge is -2.45. The molecule has 3 rings (SSSR count). The van der Waals surface area contributed by atoms with Crippen LogP contribution in [0.2, 0.25) is 0 Å². The molecule has 5 heteroatoms. The van der Waals surface area contributed by atoms with Gasteiger partial charge in [0.25, 0.3) is 0 Å². The summed E-state index contributed by atoms with van der Waals surface area (Å²) >= 11 is 0. The Labute approximate surface area is 142 Å². The highest BCUT2D eigenvalue weighted by molar-refractivity contribution is 5.86. The average molecular weight is 330 g/mol. The minimum absolute atomic E-state index is 0.00455. The number of hydrogen-bond donors (Lipinski definition) is 2. The van der Waals surface area contributed by atoms with Gasteiger partial charge >= 0.3 is 0 Å². The normalized spacial score (nSPS) is 24.3. The maximum atomic E-state index is 10.4. The van der Waals surface area contributed by atoms with Crippen molar-refractivity contribution < 1.29 is 14.9 Å². The zero-order valence-corrected chi connectivity index (χ0v) is 14.4. The van der Waals surface area contributed by atoms with Crippen LogP contribution in [0, 0.1) is 5.41 Å². The Morgan fingerprint density at radius 2 is 2.17 bits per heavy atom. The van der Waals surface area contributed by atoms with Gasteiger partial charge in [0.15, 0.2) is 0 Å². The maximum absolute atomic E-state index is 10.4. The van der Waals surface area contributed by atoms with Crippen molar-refractivity contribution in [2.75, 3.05) is 31.7 Å². The summed E-state index contributed by atoms with van der Waals surface area (Å²) in [7, 11) is 1.65. The zero-order valence-electron chi connectivity index (χ0n) is 14.4. The van der Waals surface area contributed by atoms with E-state index < -0.39 is 11.5 Å². The van der Waals surface area contributed by atoms with Crippen LogP contribution in [-0.2, 0) is 0 Å². The van der Waals surface area contributed by atoms with E-state index in [4.69, 9.17) is 9.72 Å². The number of aliphatic hydroxyl groups is 2. The topological polar surface area (TPSA) is 65.8 Å². The van der Waals surface area contributed by atoms with Crippen molar-refractivity contribution in [3.8, 4) is 5.75 Å². The van der Waals surface area contributed by atoms with Crippen LogP contribution in [0.3, 0.4) is 0 Å². The van der Waals surface area contributed by atoms with Gasteiger partial charge in [-0.2, -0.15) is 0 Å². The second-order valence-corrected chi connectivity index (χ2v) is 6.70. The van der Waals surface area contributed by atoms with Gasteiger partial charge in [0, 0.05) is 23.9 Å². The summed E-state index contributed by atoms with van der Waals surface area (Å²) < 4.78 is 5.43. The molecule has 0 spiro atoms. The molecule has 0 radical (unpaired) electrons. The van der Waals surface area contributed by atoms with Crippen LogP contribution in [0.4, 0.5) is 5.82 Å². The number of rotatable bonds is 5. The number of benzene rings is 1. The van der Waals surface area contributed by atoms with Crippen LogP contribution in [0.1, 0.15) is 26.2 Å². The third kappa shape index (κ3) is 2.94. The smallest absolute Gasteiger partial charge is 0.145 e. The number of hydrogen-bond acceptors (Lipinski definition) is 5. The average Bonchev–Trinajstić information content (AvgIpc) is 2.62. The highest BCUT2D eigenvalue weighted by Gasteiger charge is 2.42. The molecule has 1 aromatic carbocycles. The molecule has 0 bridgehead atoms. The molecule has 24 heavy (non-hydrogen) atoms. The Morgan fingerprint density at radius 1 is 1.33 bits per heavy atom. The SMILES string of the molecule is CCC[C@@]1(CO)CN(c2ccc3cccc(OC)c3n2)CC[C@H]1O. The Balaban J connectivity index is 1.95. The third-order valence-corrected chi connectivity index (χ3v) is 5.16. The molecule has 2 atom stereocenters. The minimum Gasteiger partial charge on any atom is -0.494 e. The summed E-state index contributed by atoms with van der Waals surface area (Å²) in [4.78, 5) is 6.96. The second kappa shape index (κ2) is 6.95. The molecule has 0 saturated carbocycles. The minimum atomic E-state index is -0.468. The predicted molar refractivity (Wildman–Crippen MR) is 95.6 cm³/mol. The molecule has 2 N–H and O–H groups in total. The Morgan fingerprint density at radius 3 is 2.88 bits per heavy atom. The molecule has 1 aromatic heterocycles. The van der Waals surface area contributed by atoms with Gasteiger partial charge in [0.05, 0.1) is 19.8 Å². The first-order valence-electron chi connectivity index (χ1n) is 8.61. The van der Waals surface area contributed by atoms with E-state index >= 15 is 0 Å². The van der Waals surface area contributed by atoms with Gasteiger partial charge in [0.1, 0.15) is 17.1 Å². The largest absolute Gasteiger partial charge is 0.494 e. The maximum Gasteiger partial charge on any atom is 0.145 e. The molecule has 1 aliphatic rings. The molecule has 5 nitrogen and oxygen atoms in total. The number of aliphatic hydroxyl groups excluding tert-OH is 2. The number of fused-ring (bicyclic) bond motifs is 1. The second-order valence-electron chi connectivity index (χ2n) is 6.70. The van der Waals surface area contributed by atoms with Crippen molar-refractivity contribution in [1.82, 2.24) is 4.98 Å². The predicted octanol–water partition coefficient (Wildman–Crippen LogP) is 2.59. The first-order valence-corrected chi connectivity index (χ1v) is 8.61. The number of nitrogens with zero attached hydrogens (tertiary/aromatic N) is 2. The van der Waals surface area contributed by atoms with Gasteiger partial charge in [-0.15, -0.1) is 0 Å². The Bertz CT molecular complexity index is 706. The zero-order chi connectivity index (χ0) is 17.2. The van der Waals surface area contributed by atoms with Gasteiger partial charge < -0.3 is 19.8 Å². The van der Waals surface area contributed by atoms with E-state index in [1.54, 1.807) is 7.11 Å². The number of ether oxygens (including phenoxy) is 1. The third-order valence-electron chi connectivity index (χ3n) is 5.16. The van der Waals surface area contributed by atoms with Crippen molar-refractivity contribution in [3.63, 3.8) is 0 Å². The van der Waals surface area contributed by atoms with Crippen LogP contribution in [0.15, 0.2) is 30.3 Å². The molecule has 2 heterocycles. The summed E-state index contributed by atoms with van der Waals surface area (Å²) in [6.45, 7) is 3.43. The number of anilines is 1. The van der Waals surface area contributed by atoms with E-state index in [1.165, 1.54) is 0 Å². The van der Waals surface area contributed by atoms with Crippen molar-refractivity contribution in [2.24, 2.45) is 5.41 Å². The van der Waals surface area contributed by atoms with E-state index in [0.717, 1.165) is 41.9 Å². The number of methoxy groups -OCH3 is 1. The van der Waals surface area contributed by atoms with E-state index in [1.807, 2.05) is 30.3 Å². The number of aromatic nitrogens is 1. The summed E-state index contributed by atoms with van der Waals surface area (Å²) in [6.07, 6.45) is 1.92. The van der Waals surface area contributed by atoms with Crippen molar-refractivity contribution in [2.45, 2.75) is 32.3 Å². The van der Waals surface area contributed by atoms with Gasteiger partial charge in [-0.3, -0.25) is 0 Å². The lowest BCUT2D eigenvalue weighted by atomic mass is 9.74. The number of para-hydroxylation sites is 1. The van der Waals surface area contributed by atoms with Crippen molar-refractivity contribution in [1.29, 1.82) is 0 Å². The monoisotopic (exact) mass is 330 g/mol. The van der Waals surface area contributed by atoms with Crippen LogP contribution < -0.4 is 9.64 Å². The molecule has 1 saturated heterocycles. The fraction of sp³-hybridized carbons (Fsp3) is 0.526. The van der Waals surface area contributed by atoms with Gasteiger partial charge in [0.2, 0.25) is 0 Å². The van der Waals surface area contributed by atoms with Crippen LogP contribution in [0.5, 0.6) is 5.75 Å². The van der Waals surface area contributed by atoms with Gasteiger partial charge in [-0.1, -0.05) is 25.5 Å². The molecule has 130 valence electrons. The van der Waals surface area contributed by atoms with Crippen molar-refractivity contribution in [3.05, 3.63) is 30.3 Å². The van der Waals surface area contributed by atoms with Gasteiger partial charge in [-0.25, -0.2) is 4.98 Å².